The fourth-order valence-corrected chi connectivity index (χ4v) is 5.49. The topological polar surface area (TPSA) is 43.9 Å². The lowest BCUT2D eigenvalue weighted by atomic mass is 9.92. The van der Waals surface area contributed by atoms with Crippen LogP contribution in [0.2, 0.25) is 0 Å². The van der Waals surface area contributed by atoms with Crippen LogP contribution >= 0.6 is 0 Å². The van der Waals surface area contributed by atoms with Crippen molar-refractivity contribution in [3.63, 3.8) is 0 Å². The van der Waals surface area contributed by atoms with Gasteiger partial charge in [-0.2, -0.15) is 0 Å². The minimum absolute atomic E-state index is 0.00651. The zero-order valence-electron chi connectivity index (χ0n) is 17.8. The second-order valence-corrected chi connectivity index (χ2v) is 9.06. The minimum atomic E-state index is 0.00651. The van der Waals surface area contributed by atoms with E-state index in [2.05, 4.69) is 16.7 Å². The number of piperidine rings is 1. The highest BCUT2D eigenvalue weighted by Crippen LogP contribution is 2.33. The van der Waals surface area contributed by atoms with Gasteiger partial charge in [0, 0.05) is 44.3 Å². The van der Waals surface area contributed by atoms with Gasteiger partial charge < -0.3 is 9.80 Å². The SMILES string of the molecule is CC1CCCCN1C(=O)C(C1CCCC1)N1CCN(C(=O)c2ccccc2)CC1. The van der Waals surface area contributed by atoms with Gasteiger partial charge in [-0.3, -0.25) is 14.5 Å². The molecule has 1 aromatic carbocycles. The van der Waals surface area contributed by atoms with Gasteiger partial charge in [0.25, 0.3) is 5.91 Å². The molecule has 1 aliphatic carbocycles. The smallest absolute Gasteiger partial charge is 0.253 e. The summed E-state index contributed by atoms with van der Waals surface area (Å²) in [6.07, 6.45) is 8.32. The van der Waals surface area contributed by atoms with E-state index in [9.17, 15) is 9.59 Å². The van der Waals surface area contributed by atoms with E-state index in [0.29, 0.717) is 31.0 Å². The van der Waals surface area contributed by atoms with E-state index in [1.807, 2.05) is 35.2 Å². The van der Waals surface area contributed by atoms with Crippen LogP contribution in [0.15, 0.2) is 30.3 Å². The van der Waals surface area contributed by atoms with Gasteiger partial charge in [0.2, 0.25) is 5.91 Å². The van der Waals surface area contributed by atoms with Gasteiger partial charge in [0.1, 0.15) is 0 Å². The van der Waals surface area contributed by atoms with E-state index in [0.717, 1.165) is 38.0 Å². The maximum atomic E-state index is 13.6. The molecule has 2 unspecified atom stereocenters. The van der Waals surface area contributed by atoms with Crippen molar-refractivity contribution in [3.8, 4) is 0 Å². The molecule has 4 rings (SSSR count). The van der Waals surface area contributed by atoms with Gasteiger partial charge in [-0.15, -0.1) is 0 Å². The molecule has 2 amide bonds. The zero-order valence-corrected chi connectivity index (χ0v) is 17.8. The molecule has 0 aromatic heterocycles. The molecule has 0 bridgehead atoms. The number of hydrogen-bond acceptors (Lipinski definition) is 3. The molecule has 1 aromatic rings. The Bertz CT molecular complexity index is 693. The Morgan fingerprint density at radius 2 is 1.52 bits per heavy atom. The Hall–Kier alpha value is -1.88. The van der Waals surface area contributed by atoms with Crippen LogP contribution in [0.5, 0.6) is 0 Å². The first-order chi connectivity index (χ1) is 14.1. The molecule has 29 heavy (non-hydrogen) atoms. The van der Waals surface area contributed by atoms with Crippen molar-refractivity contribution in [1.82, 2.24) is 14.7 Å². The molecule has 0 spiro atoms. The van der Waals surface area contributed by atoms with Crippen LogP contribution in [-0.4, -0.2) is 71.3 Å². The van der Waals surface area contributed by atoms with Crippen LogP contribution in [0.1, 0.15) is 62.2 Å². The van der Waals surface area contributed by atoms with Crippen LogP contribution in [0.3, 0.4) is 0 Å². The van der Waals surface area contributed by atoms with Gasteiger partial charge in [0.15, 0.2) is 0 Å². The standard InChI is InChI=1S/C24H35N3O2/c1-19-9-7-8-14-27(19)24(29)22(20-10-5-6-11-20)25-15-17-26(18-16-25)23(28)21-12-3-2-4-13-21/h2-4,12-13,19-20,22H,5-11,14-18H2,1H3. The highest BCUT2D eigenvalue weighted by molar-refractivity contribution is 5.94. The Labute approximate surface area is 175 Å². The predicted octanol–water partition coefficient (Wildman–Crippen LogP) is 3.40. The van der Waals surface area contributed by atoms with Gasteiger partial charge in [-0.25, -0.2) is 0 Å². The second-order valence-electron chi connectivity index (χ2n) is 9.06. The third-order valence-electron chi connectivity index (χ3n) is 7.20. The van der Waals surface area contributed by atoms with Gasteiger partial charge in [-0.05, 0) is 57.1 Å². The molecule has 2 heterocycles. The maximum absolute atomic E-state index is 13.6. The minimum Gasteiger partial charge on any atom is -0.339 e. The lowest BCUT2D eigenvalue weighted by Crippen LogP contribution is -2.60. The van der Waals surface area contributed by atoms with E-state index in [4.69, 9.17) is 0 Å². The van der Waals surface area contributed by atoms with Crippen molar-refractivity contribution in [1.29, 1.82) is 0 Å². The number of hydrogen-bond donors (Lipinski definition) is 0. The van der Waals surface area contributed by atoms with Crippen molar-refractivity contribution in [2.45, 2.75) is 64.0 Å². The fourth-order valence-electron chi connectivity index (χ4n) is 5.49. The van der Waals surface area contributed by atoms with Gasteiger partial charge in [-0.1, -0.05) is 31.0 Å². The highest BCUT2D eigenvalue weighted by Gasteiger charge is 2.40. The Morgan fingerprint density at radius 1 is 0.862 bits per heavy atom. The summed E-state index contributed by atoms with van der Waals surface area (Å²) in [6, 6.07) is 9.91. The fraction of sp³-hybridized carbons (Fsp3) is 0.667. The monoisotopic (exact) mass is 397 g/mol. The summed E-state index contributed by atoms with van der Waals surface area (Å²) in [5.74, 6) is 0.943. The molecule has 0 N–H and O–H groups in total. The predicted molar refractivity (Wildman–Crippen MR) is 115 cm³/mol. The van der Waals surface area contributed by atoms with Crippen molar-refractivity contribution < 1.29 is 9.59 Å². The number of piperazine rings is 1. The third kappa shape index (κ3) is 4.50. The third-order valence-corrected chi connectivity index (χ3v) is 7.20. The molecule has 2 atom stereocenters. The zero-order chi connectivity index (χ0) is 20.2. The van der Waals surface area contributed by atoms with Crippen LogP contribution < -0.4 is 0 Å². The van der Waals surface area contributed by atoms with Gasteiger partial charge >= 0.3 is 0 Å². The molecule has 158 valence electrons. The first kappa shape index (κ1) is 20.4. The van der Waals surface area contributed by atoms with E-state index >= 15 is 0 Å². The lowest BCUT2D eigenvalue weighted by molar-refractivity contribution is -0.143. The molecular formula is C24H35N3O2. The average molecular weight is 398 g/mol. The van der Waals surface area contributed by atoms with Crippen LogP contribution in [0.25, 0.3) is 0 Å². The molecule has 5 heteroatoms. The maximum Gasteiger partial charge on any atom is 0.253 e. The van der Waals surface area contributed by atoms with Crippen molar-refractivity contribution in [2.24, 2.45) is 5.92 Å². The molecule has 0 radical (unpaired) electrons. The molecule has 2 aliphatic heterocycles. The Balaban J connectivity index is 1.44. The van der Waals surface area contributed by atoms with Crippen molar-refractivity contribution >= 4 is 11.8 Å². The summed E-state index contributed by atoms with van der Waals surface area (Å²) in [5, 5.41) is 0. The second kappa shape index (κ2) is 9.29. The molecule has 3 aliphatic rings. The van der Waals surface area contributed by atoms with Crippen LogP contribution in [0, 0.1) is 5.92 Å². The van der Waals surface area contributed by atoms with Gasteiger partial charge in [0.05, 0.1) is 6.04 Å². The summed E-state index contributed by atoms with van der Waals surface area (Å²) >= 11 is 0. The lowest BCUT2D eigenvalue weighted by Gasteiger charge is -2.44. The summed E-state index contributed by atoms with van der Waals surface area (Å²) in [7, 11) is 0. The van der Waals surface area contributed by atoms with E-state index < -0.39 is 0 Å². The average Bonchev–Trinajstić information content (AvgIpc) is 3.29. The van der Waals surface area contributed by atoms with Crippen molar-refractivity contribution in [3.05, 3.63) is 35.9 Å². The normalized spacial score (nSPS) is 25.2. The molecule has 2 saturated heterocycles. The first-order valence-electron chi connectivity index (χ1n) is 11.5. The number of nitrogens with zero attached hydrogens (tertiary/aromatic N) is 3. The number of benzene rings is 1. The molecular weight excluding hydrogens is 362 g/mol. The largest absolute Gasteiger partial charge is 0.339 e. The number of amides is 2. The Morgan fingerprint density at radius 3 is 2.17 bits per heavy atom. The summed E-state index contributed by atoms with van der Waals surface area (Å²) < 4.78 is 0. The van der Waals surface area contributed by atoms with Crippen molar-refractivity contribution in [2.75, 3.05) is 32.7 Å². The number of likely N-dealkylation sites (tertiary alicyclic amines) is 1. The first-order valence-corrected chi connectivity index (χ1v) is 11.5. The van der Waals surface area contributed by atoms with Crippen LogP contribution in [0.4, 0.5) is 0 Å². The molecule has 1 saturated carbocycles. The summed E-state index contributed by atoms with van der Waals surface area (Å²) in [4.78, 5) is 32.9. The van der Waals surface area contributed by atoms with Crippen LogP contribution in [-0.2, 0) is 4.79 Å². The number of rotatable bonds is 4. The Kier molecular flexibility index (Phi) is 6.53. The summed E-state index contributed by atoms with van der Waals surface area (Å²) in [6.45, 7) is 6.13. The molecule has 3 fully saturated rings. The highest BCUT2D eigenvalue weighted by atomic mass is 16.2. The summed E-state index contributed by atoms with van der Waals surface area (Å²) in [5.41, 5.74) is 0.756. The quantitative estimate of drug-likeness (QED) is 0.782. The van der Waals surface area contributed by atoms with E-state index in [1.165, 1.54) is 32.1 Å². The molecule has 5 nitrogen and oxygen atoms in total. The number of carbonyl (C=O) groups excluding carboxylic acids is 2. The van der Waals surface area contributed by atoms with E-state index in [1.54, 1.807) is 0 Å². The van der Waals surface area contributed by atoms with E-state index in [-0.39, 0.29) is 11.9 Å². The number of carbonyl (C=O) groups is 2.